The van der Waals surface area contributed by atoms with E-state index >= 15 is 0 Å². The summed E-state index contributed by atoms with van der Waals surface area (Å²) in [7, 11) is 0. The van der Waals surface area contributed by atoms with E-state index in [0.29, 0.717) is 49.2 Å². The molecule has 1 saturated carbocycles. The number of halogens is 1. The average Bonchev–Trinajstić information content (AvgIpc) is 3.33. The van der Waals surface area contributed by atoms with Crippen molar-refractivity contribution in [2.75, 3.05) is 50.0 Å². The predicted molar refractivity (Wildman–Crippen MR) is 141 cm³/mol. The zero-order valence-corrected chi connectivity index (χ0v) is 22.6. The van der Waals surface area contributed by atoms with Crippen LogP contribution in [0.4, 0.5) is 15.3 Å². The van der Waals surface area contributed by atoms with Gasteiger partial charge < -0.3 is 20.1 Å². The lowest BCUT2D eigenvalue weighted by Crippen LogP contribution is -2.61. The molecule has 1 spiro atoms. The molecular formula is C27H31FN8O2S. The Kier molecular flexibility index (Phi) is 5.66. The number of aryl methyl sites for hydroxylation is 1. The first-order valence-electron chi connectivity index (χ1n) is 13.8. The molecular weight excluding hydrogens is 519 g/mol. The first-order valence-corrected chi connectivity index (χ1v) is 14.6. The van der Waals surface area contributed by atoms with Gasteiger partial charge in [-0.05, 0) is 57.1 Å². The minimum absolute atomic E-state index is 0.134. The molecule has 0 amide bonds. The van der Waals surface area contributed by atoms with Crippen molar-refractivity contribution in [1.29, 1.82) is 10.5 Å². The Morgan fingerprint density at radius 2 is 1.82 bits per heavy atom. The summed E-state index contributed by atoms with van der Waals surface area (Å²) in [6.07, 6.45) is 6.12. The van der Waals surface area contributed by atoms with Crippen molar-refractivity contribution in [2.24, 2.45) is 5.41 Å². The molecule has 0 radical (unpaired) electrons. The fraction of sp³-hybridized carbons (Fsp3) is 0.667. The first-order chi connectivity index (χ1) is 18.9. The largest absolute Gasteiger partial charge is 0.462 e. The molecule has 5 aliphatic rings. The highest BCUT2D eigenvalue weighted by Crippen LogP contribution is 2.51. The maximum absolute atomic E-state index is 14.3. The molecule has 5 heterocycles. The first kappa shape index (κ1) is 24.8. The summed E-state index contributed by atoms with van der Waals surface area (Å²) in [6, 6.07) is 4.96. The molecule has 39 heavy (non-hydrogen) atoms. The Morgan fingerprint density at radius 1 is 1.05 bits per heavy atom. The zero-order chi connectivity index (χ0) is 26.8. The second-order valence-corrected chi connectivity index (χ2v) is 13.1. The van der Waals surface area contributed by atoms with Crippen LogP contribution in [0.3, 0.4) is 0 Å². The molecule has 2 aliphatic carbocycles. The lowest BCUT2D eigenvalue weighted by molar-refractivity contribution is 0.106. The van der Waals surface area contributed by atoms with Gasteiger partial charge in [0.25, 0.3) is 0 Å². The number of hydrogen-bond acceptors (Lipinski definition) is 11. The van der Waals surface area contributed by atoms with Crippen molar-refractivity contribution in [3.8, 4) is 24.2 Å². The molecule has 7 rings (SSSR count). The number of nitrogens with zero attached hydrogens (tertiary/aromatic N) is 7. The third kappa shape index (κ3) is 4.07. The predicted octanol–water partition coefficient (Wildman–Crippen LogP) is 3.12. The second kappa shape index (κ2) is 8.90. The fourth-order valence-corrected chi connectivity index (χ4v) is 8.27. The Hall–Kier alpha value is -3.22. The van der Waals surface area contributed by atoms with Crippen LogP contribution < -0.4 is 20.1 Å². The Labute approximate surface area is 230 Å². The van der Waals surface area contributed by atoms with Crippen LogP contribution in [0.1, 0.15) is 60.9 Å². The number of alkyl halides is 1. The molecule has 3 saturated heterocycles. The molecule has 2 aromatic rings. The lowest BCUT2D eigenvalue weighted by atomic mass is 9.66. The summed E-state index contributed by atoms with van der Waals surface area (Å²) in [5, 5.41) is 19.9. The van der Waals surface area contributed by atoms with Crippen LogP contribution in [0, 0.1) is 28.1 Å². The van der Waals surface area contributed by atoms with E-state index in [1.165, 1.54) is 16.2 Å². The van der Waals surface area contributed by atoms with E-state index in [0.717, 1.165) is 57.1 Å². The second-order valence-electron chi connectivity index (χ2n) is 12.0. The molecule has 4 fully saturated rings. The van der Waals surface area contributed by atoms with Gasteiger partial charge in [0.15, 0.2) is 0 Å². The molecule has 2 N–H and O–H groups in total. The highest BCUT2D eigenvalue weighted by Gasteiger charge is 2.51. The van der Waals surface area contributed by atoms with Crippen molar-refractivity contribution in [3.05, 3.63) is 16.0 Å². The number of ether oxygens (including phenoxy) is 2. The van der Waals surface area contributed by atoms with Gasteiger partial charge in [-0.2, -0.15) is 20.5 Å². The van der Waals surface area contributed by atoms with Gasteiger partial charge in [0.1, 0.15) is 30.5 Å². The van der Waals surface area contributed by atoms with Crippen LogP contribution in [0.15, 0.2) is 0 Å². The molecule has 0 unspecified atom stereocenters. The maximum Gasteiger partial charge on any atom is 0.324 e. The highest BCUT2D eigenvalue weighted by molar-refractivity contribution is 7.16. The molecule has 0 bridgehead atoms. The van der Waals surface area contributed by atoms with Crippen LogP contribution in [-0.2, 0) is 11.8 Å². The number of nitrogen functional groups attached to an aromatic ring is 1. The van der Waals surface area contributed by atoms with Gasteiger partial charge in [0.2, 0.25) is 5.95 Å². The number of anilines is 2. The molecule has 0 aromatic carbocycles. The summed E-state index contributed by atoms with van der Waals surface area (Å²) in [5.74, 6) is 0.451. The van der Waals surface area contributed by atoms with E-state index in [1.807, 2.05) is 0 Å². The van der Waals surface area contributed by atoms with E-state index in [9.17, 15) is 14.9 Å². The fourth-order valence-electron chi connectivity index (χ4n) is 7.09. The Bertz CT molecular complexity index is 1390. The summed E-state index contributed by atoms with van der Waals surface area (Å²) in [4.78, 5) is 19.1. The summed E-state index contributed by atoms with van der Waals surface area (Å²) < 4.78 is 26.3. The minimum Gasteiger partial charge on any atom is -0.462 e. The van der Waals surface area contributed by atoms with Gasteiger partial charge in [0, 0.05) is 36.3 Å². The van der Waals surface area contributed by atoms with E-state index in [2.05, 4.69) is 36.9 Å². The van der Waals surface area contributed by atoms with E-state index in [4.69, 9.17) is 15.2 Å². The minimum atomic E-state index is -0.843. The van der Waals surface area contributed by atoms with Crippen LogP contribution in [0.25, 0.3) is 0 Å². The van der Waals surface area contributed by atoms with Crippen molar-refractivity contribution in [1.82, 2.24) is 19.9 Å². The Morgan fingerprint density at radius 3 is 2.54 bits per heavy atom. The van der Waals surface area contributed by atoms with Crippen molar-refractivity contribution in [3.63, 3.8) is 0 Å². The van der Waals surface area contributed by atoms with Crippen molar-refractivity contribution >= 4 is 22.3 Å². The summed E-state index contributed by atoms with van der Waals surface area (Å²) in [6.45, 7) is 3.19. The van der Waals surface area contributed by atoms with Crippen LogP contribution in [0.2, 0.25) is 0 Å². The topological polar surface area (TPSA) is 137 Å². The molecule has 3 aliphatic heterocycles. The molecule has 2 atom stereocenters. The van der Waals surface area contributed by atoms with Crippen molar-refractivity contribution < 1.29 is 13.9 Å². The van der Waals surface area contributed by atoms with Crippen LogP contribution in [0.5, 0.6) is 12.0 Å². The normalized spacial score (nSPS) is 27.8. The number of hydrogen-bond donors (Lipinski definition) is 1. The third-order valence-electron chi connectivity index (χ3n) is 9.36. The summed E-state index contributed by atoms with van der Waals surface area (Å²) in [5.41, 5.74) is 6.98. The summed E-state index contributed by atoms with van der Waals surface area (Å²) >= 11 is 1.54. The highest BCUT2D eigenvalue weighted by atomic mass is 32.1. The van der Waals surface area contributed by atoms with E-state index < -0.39 is 11.6 Å². The van der Waals surface area contributed by atoms with Crippen LogP contribution in [-0.4, -0.2) is 71.0 Å². The Balaban J connectivity index is 1.14. The molecule has 12 heteroatoms. The van der Waals surface area contributed by atoms with Gasteiger partial charge in [-0.15, -0.1) is 16.3 Å². The number of rotatable bonds is 7. The number of fused-ring (bicyclic) bond motifs is 3. The van der Waals surface area contributed by atoms with Gasteiger partial charge in [-0.3, -0.25) is 4.90 Å². The molecule has 204 valence electrons. The smallest absolute Gasteiger partial charge is 0.324 e. The average molecular weight is 551 g/mol. The molecule has 10 nitrogen and oxygen atoms in total. The lowest BCUT2D eigenvalue weighted by Gasteiger charge is -2.52. The van der Waals surface area contributed by atoms with E-state index in [-0.39, 0.29) is 29.6 Å². The molecule has 2 aromatic heterocycles. The van der Waals surface area contributed by atoms with Crippen LogP contribution >= 0.6 is 11.3 Å². The number of nitriles is 2. The number of aromatic nitrogens is 3. The van der Waals surface area contributed by atoms with Gasteiger partial charge in [-0.25, -0.2) is 4.39 Å². The maximum atomic E-state index is 14.3. The number of nitrogens with two attached hydrogens (primary N) is 1. The number of thiophene rings is 1. The van der Waals surface area contributed by atoms with Gasteiger partial charge in [0.05, 0.1) is 22.6 Å². The van der Waals surface area contributed by atoms with Gasteiger partial charge in [-0.1, -0.05) is 0 Å². The quantitative estimate of drug-likeness (QED) is 0.547. The van der Waals surface area contributed by atoms with Gasteiger partial charge >= 0.3 is 12.0 Å². The van der Waals surface area contributed by atoms with E-state index in [1.54, 1.807) is 0 Å². The SMILES string of the molecule is N#Cc1c(N)sc2c1C1(CCC2)CN(c2nc(OCC3(C#N)CC3)nc(OC[C@@]34CCCN3C[C@H](F)C4)n2)C1. The monoisotopic (exact) mass is 550 g/mol. The standard InChI is InChI=1S/C27H31FN8O2S/c28-17-9-27(5-2-8-36(27)11-17)16-38-24-33-22(32-23(34-24)37-15-25(12-30)6-7-25)35-13-26(14-35)4-1-3-19-20(26)18(10-29)21(31)39-19/h17H,1-9,11,13-16,31H2/t17-,27+/m1/s1. The third-order valence-corrected chi connectivity index (χ3v) is 10.4. The van der Waals surface area contributed by atoms with Crippen molar-refractivity contribution in [2.45, 2.75) is 68.5 Å². The zero-order valence-electron chi connectivity index (χ0n) is 21.8.